The van der Waals surface area contributed by atoms with Crippen molar-refractivity contribution >= 4 is 23.8 Å². The van der Waals surface area contributed by atoms with E-state index in [4.69, 9.17) is 29.4 Å². The van der Waals surface area contributed by atoms with Crippen molar-refractivity contribution in [2.24, 2.45) is 17.6 Å². The summed E-state index contributed by atoms with van der Waals surface area (Å²) in [5, 5.41) is 19.6. The van der Waals surface area contributed by atoms with Crippen LogP contribution in [0.4, 0.5) is 15.3 Å². The molecule has 6 atom stereocenters. The van der Waals surface area contributed by atoms with Gasteiger partial charge in [0.1, 0.15) is 0 Å². The molecule has 14 heteroatoms. The first-order valence-electron chi connectivity index (χ1n) is 15.9. The molecule has 2 rings (SSSR count). The van der Waals surface area contributed by atoms with Gasteiger partial charge in [-0.1, -0.05) is 32.1 Å². The summed E-state index contributed by atoms with van der Waals surface area (Å²) in [6.07, 6.45) is 0.437. The van der Waals surface area contributed by atoms with E-state index in [1.807, 2.05) is 6.92 Å². The number of primary amides is 1. The summed E-state index contributed by atoms with van der Waals surface area (Å²) < 4.78 is 28.3. The number of rotatable bonds is 8. The standard InChI is InChI=1S/C34H53N4O9.Na/c1-20-15-24-18-25(19-28(31(24)45-9)46-34(42)38(6)14-13-36-5)37-32(40)21(2)11-10-12-26(43-7)30(47-33(35)41)23(4)17-22(3)29(39)27(16-20)44-8;/h11,17-20,22,26-27,29-30,36H,10,12-16H2,1-9H3,(H2,35,41)(H,37,40);/q-1;+1/b21-11+,23-17+;/t20-,22+,26+,27+,29-,30+;/m1./s1. The minimum Gasteiger partial charge on any atom is -0.850 e. The number of benzene rings is 1. The molecule has 48 heavy (non-hydrogen) atoms. The van der Waals surface area contributed by atoms with Gasteiger partial charge >= 0.3 is 41.7 Å². The number of allylic oxidation sites excluding steroid dienone is 1. The van der Waals surface area contributed by atoms with E-state index in [1.54, 1.807) is 59.2 Å². The first-order valence-corrected chi connectivity index (χ1v) is 15.9. The molecule has 264 valence electrons. The number of likely N-dealkylation sites (N-methyl/N-ethyl adjacent to an activating group) is 2. The first kappa shape index (κ1) is 43.4. The summed E-state index contributed by atoms with van der Waals surface area (Å²) in [5.74, 6) is -0.410. The van der Waals surface area contributed by atoms with E-state index < -0.39 is 42.5 Å². The predicted octanol–water partition coefficient (Wildman–Crippen LogP) is 0.402. The van der Waals surface area contributed by atoms with Crippen LogP contribution in [0.3, 0.4) is 0 Å². The van der Waals surface area contributed by atoms with Crippen LogP contribution in [0.25, 0.3) is 0 Å². The topological polar surface area (TPSA) is 174 Å². The van der Waals surface area contributed by atoms with Crippen LogP contribution < -0.4 is 60.5 Å². The number of nitrogens with zero attached hydrogens (tertiary/aromatic N) is 1. The quantitative estimate of drug-likeness (QED) is 0.257. The zero-order valence-corrected chi connectivity index (χ0v) is 32.2. The molecule has 0 spiro atoms. The third-order valence-electron chi connectivity index (χ3n) is 8.31. The Hall–Kier alpha value is -2.65. The second-order valence-electron chi connectivity index (χ2n) is 12.2. The molecule has 1 aromatic rings. The maximum Gasteiger partial charge on any atom is 1.00 e. The Bertz CT molecular complexity index is 1280. The van der Waals surface area contributed by atoms with Gasteiger partial charge in [-0.2, -0.15) is 0 Å². The molecular weight excluding hydrogens is 631 g/mol. The van der Waals surface area contributed by atoms with E-state index in [0.29, 0.717) is 66.9 Å². The number of nitrogens with two attached hydrogens (primary N) is 1. The average molecular weight is 685 g/mol. The van der Waals surface area contributed by atoms with E-state index in [-0.39, 0.29) is 47.1 Å². The Morgan fingerprint density at radius 2 is 1.79 bits per heavy atom. The number of ether oxygens (including phenoxy) is 5. The second kappa shape index (κ2) is 21.4. The zero-order chi connectivity index (χ0) is 35.3. The molecule has 0 aliphatic carbocycles. The molecule has 3 amide bonds. The summed E-state index contributed by atoms with van der Waals surface area (Å²) in [5.41, 5.74) is 7.57. The van der Waals surface area contributed by atoms with Gasteiger partial charge in [-0.3, -0.25) is 4.79 Å². The summed E-state index contributed by atoms with van der Waals surface area (Å²) in [7, 11) is 7.92. The molecule has 0 saturated heterocycles. The van der Waals surface area contributed by atoms with Gasteiger partial charge in [-0.05, 0) is 70.1 Å². The summed E-state index contributed by atoms with van der Waals surface area (Å²) in [6.45, 7) is 8.24. The molecule has 4 N–H and O–H groups in total. The number of anilines is 1. The normalized spacial score (nSPS) is 26.4. The van der Waals surface area contributed by atoms with Crippen molar-refractivity contribution in [2.75, 3.05) is 53.8 Å². The summed E-state index contributed by atoms with van der Waals surface area (Å²) >= 11 is 0. The molecule has 2 bridgehead atoms. The van der Waals surface area contributed by atoms with Crippen LogP contribution in [0.1, 0.15) is 52.5 Å². The molecular formula is C34H53N4NaO9. The average Bonchev–Trinajstić information content (AvgIpc) is 3.02. The number of amides is 3. The number of hydrogen-bond acceptors (Lipinski definition) is 10. The smallest absolute Gasteiger partial charge is 0.850 e. The van der Waals surface area contributed by atoms with Crippen LogP contribution in [0.15, 0.2) is 35.4 Å². The fraction of sp³-hybridized carbons (Fsp3) is 0.618. The molecule has 1 aliphatic rings. The van der Waals surface area contributed by atoms with Gasteiger partial charge in [-0.25, -0.2) is 9.59 Å². The molecule has 0 saturated carbocycles. The van der Waals surface area contributed by atoms with Gasteiger partial charge in [0.05, 0.1) is 13.2 Å². The number of carbonyl (C=O) groups is 3. The minimum atomic E-state index is -1.14. The molecule has 0 radical (unpaired) electrons. The molecule has 13 nitrogen and oxygen atoms in total. The number of nitrogens with one attached hydrogen (secondary N) is 2. The van der Waals surface area contributed by atoms with E-state index in [9.17, 15) is 19.5 Å². The van der Waals surface area contributed by atoms with Crippen molar-refractivity contribution in [1.29, 1.82) is 0 Å². The third kappa shape index (κ3) is 13.0. The van der Waals surface area contributed by atoms with Gasteiger partial charge in [0, 0.05) is 63.4 Å². The SMILES string of the molecule is CNCCN(C)C(=O)Oc1cc2cc(c1OC)C[C@@H](C)C[C@H](OC)[C@H]([O-])[C@@H](C)/C=C(\C)[C@H](OC(N)=O)[C@@H](OC)CC/C=C(\C)C(=O)N2.[Na+]. The fourth-order valence-electron chi connectivity index (χ4n) is 5.66. The van der Waals surface area contributed by atoms with Crippen LogP contribution in [0.5, 0.6) is 11.5 Å². The van der Waals surface area contributed by atoms with Crippen molar-refractivity contribution in [2.45, 2.75) is 77.8 Å². The van der Waals surface area contributed by atoms with Gasteiger partial charge in [0.25, 0.3) is 5.91 Å². The van der Waals surface area contributed by atoms with E-state index in [0.717, 1.165) is 0 Å². The number of carbonyl (C=O) groups excluding carboxylic acids is 3. The minimum absolute atomic E-state index is 0. The van der Waals surface area contributed by atoms with Crippen LogP contribution in [0, 0.1) is 11.8 Å². The zero-order valence-electron chi connectivity index (χ0n) is 30.2. The monoisotopic (exact) mass is 684 g/mol. The summed E-state index contributed by atoms with van der Waals surface area (Å²) in [6, 6.07) is 3.34. The second-order valence-corrected chi connectivity index (χ2v) is 12.2. The number of methoxy groups -OCH3 is 3. The van der Waals surface area contributed by atoms with Crippen molar-refractivity contribution in [1.82, 2.24) is 10.2 Å². The fourth-order valence-corrected chi connectivity index (χ4v) is 5.66. The van der Waals surface area contributed by atoms with Crippen molar-refractivity contribution in [3.05, 3.63) is 41.0 Å². The summed E-state index contributed by atoms with van der Waals surface area (Å²) in [4.78, 5) is 39.5. The molecule has 0 aromatic heterocycles. The van der Waals surface area contributed by atoms with Crippen molar-refractivity contribution < 1.29 is 72.7 Å². The maximum absolute atomic E-state index is 13.7. The Labute approximate surface area is 307 Å². The third-order valence-corrected chi connectivity index (χ3v) is 8.31. The van der Waals surface area contributed by atoms with E-state index >= 15 is 0 Å². The van der Waals surface area contributed by atoms with Gasteiger partial charge in [-0.15, -0.1) is 0 Å². The maximum atomic E-state index is 13.7. The van der Waals surface area contributed by atoms with Crippen LogP contribution in [-0.4, -0.2) is 95.9 Å². The molecule has 0 unspecified atom stereocenters. The predicted molar refractivity (Wildman–Crippen MR) is 177 cm³/mol. The van der Waals surface area contributed by atoms with Gasteiger partial charge in [0.15, 0.2) is 17.6 Å². The molecule has 1 heterocycles. The molecule has 1 aromatic carbocycles. The number of fused-ring (bicyclic) bond motifs is 2. The van der Waals surface area contributed by atoms with E-state index in [1.165, 1.54) is 26.2 Å². The Morgan fingerprint density at radius 3 is 2.38 bits per heavy atom. The van der Waals surface area contributed by atoms with Crippen LogP contribution in [0.2, 0.25) is 0 Å². The van der Waals surface area contributed by atoms with Crippen molar-refractivity contribution in [3.63, 3.8) is 0 Å². The Balaban J connectivity index is 0.0000115. The van der Waals surface area contributed by atoms with Crippen molar-refractivity contribution in [3.8, 4) is 11.5 Å². The number of hydrogen-bond donors (Lipinski definition) is 3. The molecule has 0 fully saturated rings. The first-order chi connectivity index (χ1) is 22.3. The van der Waals surface area contributed by atoms with Crippen LogP contribution >= 0.6 is 0 Å². The molecule has 1 aliphatic heterocycles. The van der Waals surface area contributed by atoms with Gasteiger partial charge < -0.3 is 50.1 Å². The Morgan fingerprint density at radius 1 is 1.12 bits per heavy atom. The van der Waals surface area contributed by atoms with Gasteiger partial charge in [0.2, 0.25) is 0 Å². The largest absolute Gasteiger partial charge is 1.00 e. The van der Waals surface area contributed by atoms with E-state index in [2.05, 4.69) is 10.6 Å². The Kier molecular flexibility index (Phi) is 19.4. The van der Waals surface area contributed by atoms with Crippen LogP contribution in [-0.2, 0) is 25.4 Å².